The van der Waals surface area contributed by atoms with Crippen molar-refractivity contribution in [2.24, 2.45) is 11.8 Å². The van der Waals surface area contributed by atoms with Gasteiger partial charge in [-0.25, -0.2) is 0 Å². The maximum atomic E-state index is 5.22. The van der Waals surface area contributed by atoms with Crippen LogP contribution in [0.5, 0.6) is 0 Å². The maximum absolute atomic E-state index is 5.22. The van der Waals surface area contributed by atoms with E-state index in [0.717, 1.165) is 47.1 Å². The van der Waals surface area contributed by atoms with Crippen LogP contribution >= 0.6 is 0 Å². The Bertz CT molecular complexity index is 643. The molecule has 0 heterocycles. The van der Waals surface area contributed by atoms with Crippen LogP contribution in [-0.2, 0) is 9.47 Å². The third-order valence-electron chi connectivity index (χ3n) is 4.98. The molecular weight excluding hydrogens is 344 g/mol. The molecule has 0 N–H and O–H groups in total. The van der Waals surface area contributed by atoms with Crippen LogP contribution in [0.3, 0.4) is 0 Å². The molecule has 0 bridgehead atoms. The average molecular weight is 385 g/mol. The molecule has 0 spiro atoms. The monoisotopic (exact) mass is 384 g/mol. The SMILES string of the molecule is C=C(/C=C(/CCCOC)C(=C)C(=C)/C(C)=C\C(=C)C(C)/C=C\C(C)CC)OC. The number of rotatable bonds is 14. The van der Waals surface area contributed by atoms with Crippen LogP contribution in [0.15, 0.2) is 84.2 Å². The summed E-state index contributed by atoms with van der Waals surface area (Å²) < 4.78 is 10.4. The Morgan fingerprint density at radius 1 is 0.964 bits per heavy atom. The zero-order valence-electron chi connectivity index (χ0n) is 18.9. The lowest BCUT2D eigenvalue weighted by atomic mass is 9.90. The second kappa shape index (κ2) is 14.0. The summed E-state index contributed by atoms with van der Waals surface area (Å²) in [6, 6.07) is 0. The van der Waals surface area contributed by atoms with E-state index in [1.54, 1.807) is 14.2 Å². The molecule has 0 saturated heterocycles. The zero-order chi connectivity index (χ0) is 21.7. The Kier molecular flexibility index (Phi) is 13.0. The number of allylic oxidation sites excluding steroid dienone is 9. The summed E-state index contributed by atoms with van der Waals surface area (Å²) in [5, 5.41) is 0. The van der Waals surface area contributed by atoms with Crippen molar-refractivity contribution >= 4 is 0 Å². The zero-order valence-corrected chi connectivity index (χ0v) is 18.9. The lowest BCUT2D eigenvalue weighted by Gasteiger charge is -2.16. The van der Waals surface area contributed by atoms with E-state index >= 15 is 0 Å². The molecule has 156 valence electrons. The number of methoxy groups -OCH3 is 2. The molecule has 0 aromatic rings. The summed E-state index contributed by atoms with van der Waals surface area (Å²) >= 11 is 0. The van der Waals surface area contributed by atoms with Gasteiger partial charge in [0.25, 0.3) is 0 Å². The Morgan fingerprint density at radius 2 is 1.61 bits per heavy atom. The van der Waals surface area contributed by atoms with Gasteiger partial charge in [-0.1, -0.05) is 71.7 Å². The molecule has 2 atom stereocenters. The Balaban J connectivity index is 5.31. The second-order valence-corrected chi connectivity index (χ2v) is 7.35. The largest absolute Gasteiger partial charge is 0.497 e. The summed E-state index contributed by atoms with van der Waals surface area (Å²) in [7, 11) is 3.33. The molecular formula is C26H40O2. The first kappa shape index (κ1) is 25.9. The highest BCUT2D eigenvalue weighted by Crippen LogP contribution is 2.28. The molecule has 2 unspecified atom stereocenters. The number of hydrogen-bond donors (Lipinski definition) is 0. The number of ether oxygens (including phenoxy) is 2. The Labute approximate surface area is 173 Å². The van der Waals surface area contributed by atoms with Gasteiger partial charge in [0.15, 0.2) is 0 Å². The molecule has 0 aliphatic carbocycles. The summed E-state index contributed by atoms with van der Waals surface area (Å²) in [4.78, 5) is 0. The van der Waals surface area contributed by atoms with Crippen molar-refractivity contribution in [3.8, 4) is 0 Å². The average Bonchev–Trinajstić information content (AvgIpc) is 2.69. The van der Waals surface area contributed by atoms with E-state index < -0.39 is 0 Å². The standard InChI is InChI=1S/C26H40O2/c1-11-19(2)14-15-20(3)21(4)17-22(5)24(7)25(8)26(13-12-16-27-9)18-23(6)28-10/h14-15,17-20H,4,6-8,11-13,16H2,1-3,5,9-10H3/b15-14-,22-17-,26-18-. The minimum atomic E-state index is 0.287. The maximum Gasteiger partial charge on any atom is 0.111 e. The van der Waals surface area contributed by atoms with Gasteiger partial charge in [0, 0.05) is 13.7 Å². The van der Waals surface area contributed by atoms with E-state index in [-0.39, 0.29) is 5.92 Å². The van der Waals surface area contributed by atoms with Crippen LogP contribution in [0.25, 0.3) is 0 Å². The third-order valence-corrected chi connectivity index (χ3v) is 4.98. The van der Waals surface area contributed by atoms with Gasteiger partial charge in [0.2, 0.25) is 0 Å². The quantitative estimate of drug-likeness (QED) is 0.135. The molecule has 0 saturated carbocycles. The van der Waals surface area contributed by atoms with Crippen molar-refractivity contribution < 1.29 is 9.47 Å². The number of hydrogen-bond acceptors (Lipinski definition) is 2. The van der Waals surface area contributed by atoms with Gasteiger partial charge in [-0.2, -0.15) is 0 Å². The first-order valence-electron chi connectivity index (χ1n) is 10.0. The van der Waals surface area contributed by atoms with Gasteiger partial charge in [-0.3, -0.25) is 0 Å². The highest BCUT2D eigenvalue weighted by molar-refractivity contribution is 5.54. The summed E-state index contributed by atoms with van der Waals surface area (Å²) in [6.45, 7) is 26.0. The fourth-order valence-electron chi connectivity index (χ4n) is 2.51. The van der Waals surface area contributed by atoms with Crippen LogP contribution in [0.1, 0.15) is 47.0 Å². The molecule has 28 heavy (non-hydrogen) atoms. The van der Waals surface area contributed by atoms with Crippen LogP contribution in [0.2, 0.25) is 0 Å². The minimum Gasteiger partial charge on any atom is -0.497 e. The molecule has 0 aliphatic rings. The fourth-order valence-corrected chi connectivity index (χ4v) is 2.51. The van der Waals surface area contributed by atoms with Gasteiger partial charge in [-0.15, -0.1) is 0 Å². The lowest BCUT2D eigenvalue weighted by Crippen LogP contribution is -2.00. The minimum absolute atomic E-state index is 0.287. The highest BCUT2D eigenvalue weighted by atomic mass is 16.5. The van der Waals surface area contributed by atoms with E-state index in [9.17, 15) is 0 Å². The molecule has 0 aromatic carbocycles. The molecule has 0 fully saturated rings. The van der Waals surface area contributed by atoms with Crippen molar-refractivity contribution in [3.05, 3.63) is 84.2 Å². The van der Waals surface area contributed by atoms with Crippen molar-refractivity contribution in [1.82, 2.24) is 0 Å². The van der Waals surface area contributed by atoms with Gasteiger partial charge in [-0.05, 0) is 65.5 Å². The summed E-state index contributed by atoms with van der Waals surface area (Å²) in [5.74, 6) is 1.48. The van der Waals surface area contributed by atoms with Crippen LogP contribution < -0.4 is 0 Å². The van der Waals surface area contributed by atoms with E-state index in [1.165, 1.54) is 0 Å². The van der Waals surface area contributed by atoms with E-state index in [4.69, 9.17) is 9.47 Å². The summed E-state index contributed by atoms with van der Waals surface area (Å²) in [5.41, 5.74) is 5.01. The normalized spacial score (nSPS) is 14.6. The molecule has 0 aliphatic heterocycles. The third kappa shape index (κ3) is 9.75. The highest BCUT2D eigenvalue weighted by Gasteiger charge is 2.11. The van der Waals surface area contributed by atoms with Gasteiger partial charge >= 0.3 is 0 Å². The predicted octanol–water partition coefficient (Wildman–Crippen LogP) is 7.35. The van der Waals surface area contributed by atoms with Crippen LogP contribution in [-0.4, -0.2) is 20.8 Å². The molecule has 2 nitrogen and oxygen atoms in total. The molecule has 0 radical (unpaired) electrons. The van der Waals surface area contributed by atoms with Crippen molar-refractivity contribution in [2.75, 3.05) is 20.8 Å². The van der Waals surface area contributed by atoms with Crippen LogP contribution in [0, 0.1) is 11.8 Å². The molecule has 0 aromatic heterocycles. The van der Waals surface area contributed by atoms with Gasteiger partial charge < -0.3 is 9.47 Å². The fraction of sp³-hybridized carbons (Fsp3) is 0.462. The topological polar surface area (TPSA) is 18.5 Å². The van der Waals surface area contributed by atoms with Crippen LogP contribution in [0.4, 0.5) is 0 Å². The van der Waals surface area contributed by atoms with E-state index in [0.29, 0.717) is 18.3 Å². The first-order valence-corrected chi connectivity index (χ1v) is 10.0. The van der Waals surface area contributed by atoms with E-state index in [1.807, 2.05) is 6.08 Å². The summed E-state index contributed by atoms with van der Waals surface area (Å²) in [6.07, 6.45) is 11.4. The Hall–Kier alpha value is -2.06. The van der Waals surface area contributed by atoms with Gasteiger partial charge in [0.05, 0.1) is 7.11 Å². The lowest BCUT2D eigenvalue weighted by molar-refractivity contribution is 0.195. The van der Waals surface area contributed by atoms with Crippen molar-refractivity contribution in [1.29, 1.82) is 0 Å². The van der Waals surface area contributed by atoms with Crippen molar-refractivity contribution in [2.45, 2.75) is 47.0 Å². The van der Waals surface area contributed by atoms with Crippen molar-refractivity contribution in [3.63, 3.8) is 0 Å². The molecule has 0 rings (SSSR count). The molecule has 0 amide bonds. The predicted molar refractivity (Wildman–Crippen MR) is 124 cm³/mol. The Morgan fingerprint density at radius 3 is 2.14 bits per heavy atom. The molecule has 2 heteroatoms. The second-order valence-electron chi connectivity index (χ2n) is 7.35. The van der Waals surface area contributed by atoms with E-state index in [2.05, 4.69) is 72.2 Å². The van der Waals surface area contributed by atoms with Gasteiger partial charge in [0.1, 0.15) is 5.76 Å². The first-order chi connectivity index (χ1) is 13.2. The smallest absolute Gasteiger partial charge is 0.111 e.